The van der Waals surface area contributed by atoms with Gasteiger partial charge >= 0.3 is 6.18 Å². The van der Waals surface area contributed by atoms with Gasteiger partial charge in [0.2, 0.25) is 5.52 Å². The molecule has 0 aliphatic rings. The average molecular weight is 212 g/mol. The number of aromatic nitrogens is 1. The summed E-state index contributed by atoms with van der Waals surface area (Å²) in [7, 11) is 1.72. The van der Waals surface area contributed by atoms with E-state index in [4.69, 9.17) is 0 Å². The number of aryl methyl sites for hydroxylation is 1. The number of halogens is 3. The van der Waals surface area contributed by atoms with Crippen molar-refractivity contribution in [2.75, 3.05) is 0 Å². The number of hydrogen-bond donors (Lipinski definition) is 0. The average Bonchev–Trinajstić information content (AvgIpc) is 2.16. The molecule has 1 heterocycles. The van der Waals surface area contributed by atoms with Crippen molar-refractivity contribution in [3.05, 3.63) is 42.1 Å². The van der Waals surface area contributed by atoms with Gasteiger partial charge in [0.15, 0.2) is 6.20 Å². The maximum absolute atomic E-state index is 12.6. The second-order valence-electron chi connectivity index (χ2n) is 3.36. The Labute approximate surface area is 84.8 Å². The van der Waals surface area contributed by atoms with Crippen molar-refractivity contribution in [2.24, 2.45) is 7.05 Å². The Hall–Kier alpha value is -1.58. The summed E-state index contributed by atoms with van der Waals surface area (Å²) in [6, 6.07) is 7.29. The van der Waals surface area contributed by atoms with Gasteiger partial charge in [0, 0.05) is 12.1 Å². The van der Waals surface area contributed by atoms with Gasteiger partial charge in [-0.3, -0.25) is 0 Å². The Kier molecular flexibility index (Phi) is 2.14. The quantitative estimate of drug-likeness (QED) is 0.591. The van der Waals surface area contributed by atoms with E-state index >= 15 is 0 Å². The molecule has 2 aromatic rings. The van der Waals surface area contributed by atoms with Crippen LogP contribution in [0.25, 0.3) is 10.9 Å². The van der Waals surface area contributed by atoms with E-state index in [1.165, 1.54) is 12.1 Å². The molecule has 0 fully saturated rings. The highest BCUT2D eigenvalue weighted by molar-refractivity contribution is 5.79. The molecule has 0 atom stereocenters. The maximum Gasteiger partial charge on any atom is 0.417 e. The van der Waals surface area contributed by atoms with Gasteiger partial charge in [-0.1, -0.05) is 6.07 Å². The van der Waals surface area contributed by atoms with Gasteiger partial charge in [0.1, 0.15) is 7.05 Å². The van der Waals surface area contributed by atoms with Crippen molar-refractivity contribution in [3.63, 3.8) is 0 Å². The molecule has 0 aliphatic carbocycles. The lowest BCUT2D eigenvalue weighted by Crippen LogP contribution is -2.28. The Balaban J connectivity index is 2.83. The van der Waals surface area contributed by atoms with E-state index in [1.807, 2.05) is 0 Å². The van der Waals surface area contributed by atoms with Crippen LogP contribution in [0.4, 0.5) is 13.2 Å². The molecule has 0 N–H and O–H groups in total. The molecule has 78 valence electrons. The molecule has 2 rings (SSSR count). The Bertz CT molecular complexity index is 503. The zero-order valence-corrected chi connectivity index (χ0v) is 8.05. The third-order valence-electron chi connectivity index (χ3n) is 2.34. The van der Waals surface area contributed by atoms with Gasteiger partial charge < -0.3 is 0 Å². The van der Waals surface area contributed by atoms with Crippen LogP contribution >= 0.6 is 0 Å². The van der Waals surface area contributed by atoms with E-state index in [9.17, 15) is 13.2 Å². The number of benzene rings is 1. The fourth-order valence-corrected chi connectivity index (χ4v) is 1.63. The van der Waals surface area contributed by atoms with Crippen molar-refractivity contribution >= 4 is 10.9 Å². The first kappa shape index (κ1) is 9.96. The fraction of sp³-hybridized carbons (Fsp3) is 0.182. The van der Waals surface area contributed by atoms with E-state index in [0.29, 0.717) is 5.52 Å². The molecule has 0 spiro atoms. The number of fused-ring (bicyclic) bond motifs is 1. The lowest BCUT2D eigenvalue weighted by Gasteiger charge is -2.08. The second kappa shape index (κ2) is 3.22. The van der Waals surface area contributed by atoms with Gasteiger partial charge in [-0.2, -0.15) is 13.2 Å². The smallest absolute Gasteiger partial charge is 0.201 e. The molecule has 15 heavy (non-hydrogen) atoms. The largest absolute Gasteiger partial charge is 0.417 e. The molecule has 1 aromatic heterocycles. The summed E-state index contributed by atoms with van der Waals surface area (Å²) >= 11 is 0. The molecule has 1 aromatic carbocycles. The molecule has 4 heteroatoms. The molecule has 0 amide bonds. The lowest BCUT2D eigenvalue weighted by atomic mass is 10.1. The molecular formula is C11H9F3N+. The van der Waals surface area contributed by atoms with Crippen LogP contribution in [0.2, 0.25) is 0 Å². The number of rotatable bonds is 0. The lowest BCUT2D eigenvalue weighted by molar-refractivity contribution is -0.644. The van der Waals surface area contributed by atoms with Crippen molar-refractivity contribution in [2.45, 2.75) is 6.18 Å². The van der Waals surface area contributed by atoms with E-state index in [0.717, 1.165) is 6.07 Å². The van der Waals surface area contributed by atoms with E-state index in [2.05, 4.69) is 0 Å². The number of nitrogens with zero attached hydrogens (tertiary/aromatic N) is 1. The predicted molar refractivity (Wildman–Crippen MR) is 50.1 cm³/mol. The Morgan fingerprint density at radius 1 is 1.07 bits per heavy atom. The van der Waals surface area contributed by atoms with Gasteiger partial charge in [-0.15, -0.1) is 0 Å². The highest BCUT2D eigenvalue weighted by atomic mass is 19.4. The maximum atomic E-state index is 12.6. The van der Waals surface area contributed by atoms with Crippen LogP contribution in [-0.2, 0) is 13.2 Å². The second-order valence-corrected chi connectivity index (χ2v) is 3.36. The van der Waals surface area contributed by atoms with Crippen molar-refractivity contribution in [1.82, 2.24) is 0 Å². The summed E-state index contributed by atoms with van der Waals surface area (Å²) in [6.45, 7) is 0. The third kappa shape index (κ3) is 1.67. The summed E-state index contributed by atoms with van der Waals surface area (Å²) in [5, 5.41) is 0.231. The van der Waals surface area contributed by atoms with Crippen molar-refractivity contribution < 1.29 is 17.7 Å². The van der Waals surface area contributed by atoms with Gasteiger partial charge in [0.25, 0.3) is 0 Å². The summed E-state index contributed by atoms with van der Waals surface area (Å²) < 4.78 is 39.6. The first-order valence-electron chi connectivity index (χ1n) is 4.45. The molecule has 0 saturated heterocycles. The fourth-order valence-electron chi connectivity index (χ4n) is 1.63. The van der Waals surface area contributed by atoms with Gasteiger partial charge in [0.05, 0.1) is 10.9 Å². The zero-order chi connectivity index (χ0) is 11.1. The Morgan fingerprint density at radius 3 is 2.47 bits per heavy atom. The Morgan fingerprint density at radius 2 is 1.80 bits per heavy atom. The first-order chi connectivity index (χ1) is 7.00. The van der Waals surface area contributed by atoms with Crippen LogP contribution < -0.4 is 4.57 Å². The highest BCUT2D eigenvalue weighted by Gasteiger charge is 2.33. The molecule has 0 radical (unpaired) electrons. The van der Waals surface area contributed by atoms with Crippen molar-refractivity contribution in [3.8, 4) is 0 Å². The first-order valence-corrected chi connectivity index (χ1v) is 4.45. The van der Waals surface area contributed by atoms with Crippen LogP contribution in [0.5, 0.6) is 0 Å². The normalized spacial score (nSPS) is 12.0. The van der Waals surface area contributed by atoms with Crippen LogP contribution in [0.3, 0.4) is 0 Å². The minimum absolute atomic E-state index is 0.231. The summed E-state index contributed by atoms with van der Waals surface area (Å²) in [5.41, 5.74) is -0.0106. The van der Waals surface area contributed by atoms with Crippen LogP contribution in [0.1, 0.15) is 5.56 Å². The highest BCUT2D eigenvalue weighted by Crippen LogP contribution is 2.33. The number of alkyl halides is 3. The van der Waals surface area contributed by atoms with Gasteiger partial charge in [-0.25, -0.2) is 4.57 Å². The molecular weight excluding hydrogens is 203 g/mol. The van der Waals surface area contributed by atoms with E-state index in [-0.39, 0.29) is 5.39 Å². The zero-order valence-electron chi connectivity index (χ0n) is 8.05. The standard InChI is InChI=1S/C11H9F3N/c1-15-7-3-4-8-9(11(12,13)14)5-2-6-10(8)15/h2-7H,1H3/q+1. The minimum Gasteiger partial charge on any atom is -0.201 e. The monoisotopic (exact) mass is 212 g/mol. The minimum atomic E-state index is -4.30. The summed E-state index contributed by atoms with van der Waals surface area (Å²) in [5.74, 6) is 0. The predicted octanol–water partition coefficient (Wildman–Crippen LogP) is 2.68. The molecule has 0 aliphatic heterocycles. The van der Waals surface area contributed by atoms with Crippen LogP contribution in [0.15, 0.2) is 36.5 Å². The van der Waals surface area contributed by atoms with Crippen molar-refractivity contribution in [1.29, 1.82) is 0 Å². The molecule has 1 nitrogen and oxygen atoms in total. The third-order valence-corrected chi connectivity index (χ3v) is 2.34. The van der Waals surface area contributed by atoms with Crippen LogP contribution in [0, 0.1) is 0 Å². The molecule has 0 unspecified atom stereocenters. The van der Waals surface area contributed by atoms with E-state index < -0.39 is 11.7 Å². The van der Waals surface area contributed by atoms with Gasteiger partial charge in [-0.05, 0) is 12.1 Å². The SMILES string of the molecule is C[n+]1cccc2c(C(F)(F)F)cccc21. The topological polar surface area (TPSA) is 3.88 Å². The summed E-state index contributed by atoms with van der Waals surface area (Å²) in [4.78, 5) is 0. The summed E-state index contributed by atoms with van der Waals surface area (Å²) in [6.07, 6.45) is -2.57. The number of hydrogen-bond acceptors (Lipinski definition) is 0. The van der Waals surface area contributed by atoms with E-state index in [1.54, 1.807) is 29.9 Å². The molecule has 0 saturated carbocycles. The van der Waals surface area contributed by atoms with Crippen LogP contribution in [-0.4, -0.2) is 0 Å². The molecule has 0 bridgehead atoms. The number of pyridine rings is 1.